The quantitative estimate of drug-likeness (QED) is 0.765. The number of carbonyl (C=O) groups excluding carboxylic acids is 1. The first-order valence-electron chi connectivity index (χ1n) is 9.06. The molecule has 1 heterocycles. The fraction of sp³-hybridized carbons (Fsp3) is 0.350. The topological polar surface area (TPSA) is 66.9 Å². The number of nitrogens with zero attached hydrogens (tertiary/aromatic N) is 2. The van der Waals surface area contributed by atoms with E-state index in [4.69, 9.17) is 4.74 Å². The maximum Gasteiger partial charge on any atom is 0.263 e. The van der Waals surface area contributed by atoms with Crippen LogP contribution in [-0.2, 0) is 14.8 Å². The number of aryl methyl sites for hydroxylation is 1. The van der Waals surface area contributed by atoms with Crippen LogP contribution in [-0.4, -0.2) is 55.8 Å². The van der Waals surface area contributed by atoms with Crippen LogP contribution in [0.1, 0.15) is 12.5 Å². The van der Waals surface area contributed by atoms with Gasteiger partial charge in [-0.25, -0.2) is 12.8 Å². The van der Waals surface area contributed by atoms with Crippen LogP contribution >= 0.6 is 0 Å². The first-order chi connectivity index (χ1) is 13.3. The Morgan fingerprint density at radius 2 is 1.75 bits per heavy atom. The number of ether oxygens (including phenoxy) is 1. The first kappa shape index (κ1) is 20.3. The molecule has 0 bridgehead atoms. The average molecular weight is 406 g/mol. The number of hydrogen-bond acceptors (Lipinski definition) is 4. The Morgan fingerprint density at radius 3 is 2.39 bits per heavy atom. The molecule has 6 nitrogen and oxygen atoms in total. The van der Waals surface area contributed by atoms with Gasteiger partial charge >= 0.3 is 0 Å². The summed E-state index contributed by atoms with van der Waals surface area (Å²) in [5.41, 5.74) is 1.03. The Labute approximate surface area is 164 Å². The summed E-state index contributed by atoms with van der Waals surface area (Å²) < 4.78 is 46.1. The van der Waals surface area contributed by atoms with Crippen molar-refractivity contribution in [3.63, 3.8) is 0 Å². The minimum Gasteiger partial charge on any atom is -0.481 e. The third kappa shape index (κ3) is 4.34. The second kappa shape index (κ2) is 8.28. The lowest BCUT2D eigenvalue weighted by Crippen LogP contribution is -2.53. The predicted molar refractivity (Wildman–Crippen MR) is 103 cm³/mol. The van der Waals surface area contributed by atoms with Gasteiger partial charge in [0, 0.05) is 26.2 Å². The third-order valence-electron chi connectivity index (χ3n) is 4.65. The van der Waals surface area contributed by atoms with Crippen molar-refractivity contribution in [3.05, 3.63) is 59.9 Å². The largest absolute Gasteiger partial charge is 0.481 e. The zero-order chi connectivity index (χ0) is 20.3. The summed E-state index contributed by atoms with van der Waals surface area (Å²) in [5, 5.41) is 0. The Hall–Kier alpha value is -2.45. The highest BCUT2D eigenvalue weighted by molar-refractivity contribution is 7.89. The van der Waals surface area contributed by atoms with Crippen molar-refractivity contribution in [2.75, 3.05) is 26.2 Å². The Balaban J connectivity index is 1.61. The number of amides is 1. The number of piperazine rings is 1. The van der Waals surface area contributed by atoms with Gasteiger partial charge < -0.3 is 9.64 Å². The molecule has 0 spiro atoms. The van der Waals surface area contributed by atoms with E-state index in [0.717, 1.165) is 11.6 Å². The van der Waals surface area contributed by atoms with Crippen molar-refractivity contribution >= 4 is 15.9 Å². The van der Waals surface area contributed by atoms with Gasteiger partial charge in [-0.05, 0) is 43.7 Å². The summed E-state index contributed by atoms with van der Waals surface area (Å²) in [4.78, 5) is 13.9. The molecule has 0 unspecified atom stereocenters. The summed E-state index contributed by atoms with van der Waals surface area (Å²) in [6.45, 7) is 4.29. The molecule has 2 aromatic carbocycles. The second-order valence-electron chi connectivity index (χ2n) is 6.74. The van der Waals surface area contributed by atoms with Gasteiger partial charge in [0.2, 0.25) is 10.0 Å². The van der Waals surface area contributed by atoms with Crippen molar-refractivity contribution < 1.29 is 22.3 Å². The highest BCUT2D eigenvalue weighted by Gasteiger charge is 2.33. The first-order valence-corrected chi connectivity index (χ1v) is 10.5. The molecule has 1 atom stereocenters. The maximum atomic E-state index is 13.9. The summed E-state index contributed by atoms with van der Waals surface area (Å²) >= 11 is 0. The minimum absolute atomic E-state index is 0.111. The molecule has 0 saturated carbocycles. The summed E-state index contributed by atoms with van der Waals surface area (Å²) in [6.07, 6.45) is -0.684. The van der Waals surface area contributed by atoms with E-state index >= 15 is 0 Å². The van der Waals surface area contributed by atoms with E-state index in [-0.39, 0.29) is 37.0 Å². The molecule has 1 saturated heterocycles. The molecule has 3 rings (SSSR count). The summed E-state index contributed by atoms with van der Waals surface area (Å²) in [5.74, 6) is -0.368. The standard InChI is InChI=1S/C20H23FN2O4S/c1-15-6-5-7-17(14-15)27-16(2)20(24)22-10-12-23(13-11-22)28(25,26)19-9-4-3-8-18(19)21/h3-9,14,16H,10-13H2,1-2H3/t16-/m1/s1. The molecule has 28 heavy (non-hydrogen) atoms. The van der Waals surface area contributed by atoms with Crippen LogP contribution in [0.3, 0.4) is 0 Å². The molecule has 150 valence electrons. The van der Waals surface area contributed by atoms with Crippen molar-refractivity contribution in [2.45, 2.75) is 24.8 Å². The maximum absolute atomic E-state index is 13.9. The highest BCUT2D eigenvalue weighted by atomic mass is 32.2. The van der Waals surface area contributed by atoms with Crippen LogP contribution in [0.25, 0.3) is 0 Å². The number of benzene rings is 2. The van der Waals surface area contributed by atoms with Gasteiger partial charge in [-0.2, -0.15) is 4.31 Å². The van der Waals surface area contributed by atoms with Gasteiger partial charge in [0.25, 0.3) is 5.91 Å². The lowest BCUT2D eigenvalue weighted by Gasteiger charge is -2.35. The number of hydrogen-bond donors (Lipinski definition) is 0. The average Bonchev–Trinajstić information content (AvgIpc) is 2.67. The van der Waals surface area contributed by atoms with Crippen LogP contribution in [0.2, 0.25) is 0 Å². The van der Waals surface area contributed by atoms with E-state index in [0.29, 0.717) is 5.75 Å². The van der Waals surface area contributed by atoms with Gasteiger partial charge in [-0.1, -0.05) is 24.3 Å². The molecule has 8 heteroatoms. The molecule has 2 aromatic rings. The smallest absolute Gasteiger partial charge is 0.263 e. The molecule has 1 fully saturated rings. The van der Waals surface area contributed by atoms with Crippen LogP contribution in [0.4, 0.5) is 4.39 Å². The van der Waals surface area contributed by atoms with E-state index in [9.17, 15) is 17.6 Å². The Bertz CT molecular complexity index is 956. The van der Waals surface area contributed by atoms with E-state index in [1.165, 1.54) is 22.5 Å². The SMILES string of the molecule is Cc1cccc(O[C@H](C)C(=O)N2CCN(S(=O)(=O)c3ccccc3F)CC2)c1. The number of rotatable bonds is 5. The Kier molecular flexibility index (Phi) is 6.00. The van der Waals surface area contributed by atoms with Crippen molar-refractivity contribution in [3.8, 4) is 5.75 Å². The normalized spacial score (nSPS) is 16.6. The Morgan fingerprint density at radius 1 is 1.07 bits per heavy atom. The van der Waals surface area contributed by atoms with Gasteiger partial charge in [0.05, 0.1) is 0 Å². The molecular formula is C20H23FN2O4S. The van der Waals surface area contributed by atoms with Crippen molar-refractivity contribution in [1.82, 2.24) is 9.21 Å². The molecular weight excluding hydrogens is 383 g/mol. The van der Waals surface area contributed by atoms with E-state index in [1.54, 1.807) is 17.9 Å². The summed E-state index contributed by atoms with van der Waals surface area (Å²) in [7, 11) is -3.93. The minimum atomic E-state index is -3.93. The molecule has 1 amide bonds. The van der Waals surface area contributed by atoms with Crippen molar-refractivity contribution in [1.29, 1.82) is 0 Å². The number of sulfonamides is 1. The van der Waals surface area contributed by atoms with Gasteiger partial charge in [0.15, 0.2) is 6.10 Å². The van der Waals surface area contributed by atoms with Gasteiger partial charge in [0.1, 0.15) is 16.5 Å². The third-order valence-corrected chi connectivity index (χ3v) is 6.59. The number of halogens is 1. The molecule has 1 aliphatic heterocycles. The van der Waals surface area contributed by atoms with E-state index < -0.39 is 21.9 Å². The van der Waals surface area contributed by atoms with E-state index in [2.05, 4.69) is 0 Å². The lowest BCUT2D eigenvalue weighted by molar-refractivity contribution is -0.139. The second-order valence-corrected chi connectivity index (χ2v) is 8.64. The van der Waals surface area contributed by atoms with Crippen LogP contribution in [0.15, 0.2) is 53.4 Å². The number of carbonyl (C=O) groups is 1. The monoisotopic (exact) mass is 406 g/mol. The predicted octanol–water partition coefficient (Wildman–Crippen LogP) is 2.43. The zero-order valence-corrected chi connectivity index (χ0v) is 16.7. The molecule has 0 N–H and O–H groups in total. The lowest BCUT2D eigenvalue weighted by atomic mass is 10.2. The van der Waals surface area contributed by atoms with Gasteiger partial charge in [-0.3, -0.25) is 4.79 Å². The molecule has 0 aliphatic carbocycles. The summed E-state index contributed by atoms with van der Waals surface area (Å²) in [6, 6.07) is 12.7. The van der Waals surface area contributed by atoms with Gasteiger partial charge in [-0.15, -0.1) is 0 Å². The van der Waals surface area contributed by atoms with Crippen molar-refractivity contribution in [2.24, 2.45) is 0 Å². The molecule has 0 radical (unpaired) electrons. The molecule has 0 aromatic heterocycles. The van der Waals surface area contributed by atoms with Crippen LogP contribution < -0.4 is 4.74 Å². The van der Waals surface area contributed by atoms with E-state index in [1.807, 2.05) is 25.1 Å². The van der Waals surface area contributed by atoms with Crippen LogP contribution in [0, 0.1) is 12.7 Å². The fourth-order valence-corrected chi connectivity index (χ4v) is 4.63. The highest BCUT2D eigenvalue weighted by Crippen LogP contribution is 2.21. The zero-order valence-electron chi connectivity index (χ0n) is 15.8. The van der Waals surface area contributed by atoms with Crippen LogP contribution in [0.5, 0.6) is 5.75 Å². The fourth-order valence-electron chi connectivity index (χ4n) is 3.14. The molecule has 1 aliphatic rings.